The second kappa shape index (κ2) is 7.43. The zero-order chi connectivity index (χ0) is 14.4. The molecule has 0 radical (unpaired) electrons. The number of rotatable bonds is 6. The molecule has 0 bridgehead atoms. The van der Waals surface area contributed by atoms with Crippen molar-refractivity contribution in [3.05, 3.63) is 11.9 Å². The van der Waals surface area contributed by atoms with E-state index in [1.54, 1.807) is 0 Å². The Morgan fingerprint density at radius 1 is 1.35 bits per heavy atom. The molecule has 0 aliphatic carbocycles. The lowest BCUT2D eigenvalue weighted by atomic mass is 10.0. The van der Waals surface area contributed by atoms with Gasteiger partial charge in [-0.05, 0) is 39.7 Å². The van der Waals surface area contributed by atoms with E-state index in [1.807, 2.05) is 19.9 Å². The molecule has 0 saturated carbocycles. The molecule has 20 heavy (non-hydrogen) atoms. The van der Waals surface area contributed by atoms with Crippen LogP contribution in [-0.4, -0.2) is 42.3 Å². The van der Waals surface area contributed by atoms with E-state index in [9.17, 15) is 0 Å². The molecule has 1 N–H and O–H groups in total. The van der Waals surface area contributed by atoms with Crippen LogP contribution in [0.25, 0.3) is 0 Å². The maximum absolute atomic E-state index is 5.54. The van der Waals surface area contributed by atoms with E-state index in [0.717, 1.165) is 31.3 Å². The van der Waals surface area contributed by atoms with Crippen molar-refractivity contribution in [1.29, 1.82) is 0 Å². The molecule has 1 aliphatic heterocycles. The normalized spacial score (nSPS) is 19.1. The Labute approximate surface area is 121 Å². The minimum atomic E-state index is 0.521. The predicted octanol–water partition coefficient (Wildman–Crippen LogP) is 2.15. The Hall–Kier alpha value is -1.36. The Kier molecular flexibility index (Phi) is 5.59. The lowest BCUT2D eigenvalue weighted by molar-refractivity contribution is 0.325. The van der Waals surface area contributed by atoms with Crippen molar-refractivity contribution >= 4 is 5.82 Å². The molecule has 1 aliphatic rings. The number of hydrogen-bond acceptors (Lipinski definition) is 5. The fraction of sp³-hybridized carbons (Fsp3) is 0.733. The van der Waals surface area contributed by atoms with Gasteiger partial charge in [0.25, 0.3) is 0 Å². The second-order valence-corrected chi connectivity index (χ2v) is 5.20. The van der Waals surface area contributed by atoms with Crippen molar-refractivity contribution in [2.75, 3.05) is 31.1 Å². The predicted molar refractivity (Wildman–Crippen MR) is 81.5 cm³/mol. The number of likely N-dealkylation sites (N-methyl/N-ethyl adjacent to an activating group) is 1. The number of nitrogens with zero attached hydrogens (tertiary/aromatic N) is 3. The molecule has 1 atom stereocenters. The van der Waals surface area contributed by atoms with Crippen molar-refractivity contribution in [2.24, 2.45) is 0 Å². The molecule has 5 nitrogen and oxygen atoms in total. The fourth-order valence-electron chi connectivity index (χ4n) is 2.72. The summed E-state index contributed by atoms with van der Waals surface area (Å²) in [6.07, 6.45) is 3.75. The average Bonchev–Trinajstić information content (AvgIpc) is 2.45. The van der Waals surface area contributed by atoms with Crippen LogP contribution in [0.2, 0.25) is 0 Å². The smallest absolute Gasteiger partial charge is 0.218 e. The summed E-state index contributed by atoms with van der Waals surface area (Å²) >= 11 is 0. The highest BCUT2D eigenvalue weighted by Crippen LogP contribution is 2.25. The minimum Gasteiger partial charge on any atom is -0.478 e. The summed E-state index contributed by atoms with van der Waals surface area (Å²) in [6, 6.07) is 2.49. The van der Waals surface area contributed by atoms with Crippen LogP contribution >= 0.6 is 0 Å². The van der Waals surface area contributed by atoms with Gasteiger partial charge in [0.15, 0.2) is 0 Å². The molecule has 1 aromatic heterocycles. The van der Waals surface area contributed by atoms with Crippen LogP contribution in [0.5, 0.6) is 5.88 Å². The van der Waals surface area contributed by atoms with Gasteiger partial charge in [0, 0.05) is 25.2 Å². The number of ether oxygens (including phenoxy) is 1. The first-order chi connectivity index (χ1) is 9.74. The summed E-state index contributed by atoms with van der Waals surface area (Å²) in [5.74, 6) is 2.46. The van der Waals surface area contributed by atoms with Crippen molar-refractivity contribution < 1.29 is 4.74 Å². The zero-order valence-corrected chi connectivity index (χ0v) is 12.9. The summed E-state index contributed by atoms with van der Waals surface area (Å²) < 4.78 is 5.54. The van der Waals surface area contributed by atoms with E-state index < -0.39 is 0 Å². The minimum absolute atomic E-state index is 0.521. The second-order valence-electron chi connectivity index (χ2n) is 5.20. The molecule has 2 heterocycles. The highest BCUT2D eigenvalue weighted by atomic mass is 16.5. The summed E-state index contributed by atoms with van der Waals surface area (Å²) in [4.78, 5) is 11.3. The molecular weight excluding hydrogens is 252 g/mol. The summed E-state index contributed by atoms with van der Waals surface area (Å²) in [7, 11) is 0. The van der Waals surface area contributed by atoms with Crippen LogP contribution in [0.15, 0.2) is 6.07 Å². The van der Waals surface area contributed by atoms with E-state index >= 15 is 0 Å². The van der Waals surface area contributed by atoms with Gasteiger partial charge in [-0.15, -0.1) is 0 Å². The molecule has 1 saturated heterocycles. The molecule has 1 fully saturated rings. The summed E-state index contributed by atoms with van der Waals surface area (Å²) in [5, 5.41) is 3.46. The van der Waals surface area contributed by atoms with Gasteiger partial charge in [0.1, 0.15) is 11.6 Å². The van der Waals surface area contributed by atoms with Gasteiger partial charge >= 0.3 is 0 Å². The number of aryl methyl sites for hydroxylation is 1. The molecule has 0 aromatic carbocycles. The summed E-state index contributed by atoms with van der Waals surface area (Å²) in [5.41, 5.74) is 0. The topological polar surface area (TPSA) is 50.3 Å². The number of nitrogens with one attached hydrogen (secondary N) is 1. The number of hydrogen-bond donors (Lipinski definition) is 1. The van der Waals surface area contributed by atoms with Gasteiger partial charge < -0.3 is 15.0 Å². The first-order valence-electron chi connectivity index (χ1n) is 7.70. The summed E-state index contributed by atoms with van der Waals surface area (Å²) in [6.45, 7) is 9.78. The average molecular weight is 278 g/mol. The van der Waals surface area contributed by atoms with Gasteiger partial charge in [0.2, 0.25) is 5.88 Å². The van der Waals surface area contributed by atoms with E-state index in [4.69, 9.17) is 4.74 Å². The molecule has 0 amide bonds. The molecule has 5 heteroatoms. The van der Waals surface area contributed by atoms with Gasteiger partial charge in [0.05, 0.1) is 6.61 Å². The largest absolute Gasteiger partial charge is 0.478 e. The van der Waals surface area contributed by atoms with Gasteiger partial charge in [-0.25, -0.2) is 4.98 Å². The number of aromatic nitrogens is 2. The molecule has 1 aromatic rings. The Morgan fingerprint density at radius 3 is 2.95 bits per heavy atom. The fourth-order valence-corrected chi connectivity index (χ4v) is 2.72. The molecule has 112 valence electrons. The van der Waals surface area contributed by atoms with Gasteiger partial charge in [-0.3, -0.25) is 0 Å². The maximum Gasteiger partial charge on any atom is 0.218 e. The van der Waals surface area contributed by atoms with E-state index in [0.29, 0.717) is 18.5 Å². The van der Waals surface area contributed by atoms with Crippen molar-refractivity contribution in [2.45, 2.75) is 46.1 Å². The SMILES string of the molecule is CCNCC1CCCCN1c1cc(OCC)nc(C)n1. The highest BCUT2D eigenvalue weighted by Gasteiger charge is 2.24. The Bertz CT molecular complexity index is 424. The maximum atomic E-state index is 5.54. The van der Waals surface area contributed by atoms with Crippen molar-refractivity contribution in [3.8, 4) is 5.88 Å². The lowest BCUT2D eigenvalue weighted by Gasteiger charge is -2.37. The van der Waals surface area contributed by atoms with Crippen LogP contribution in [-0.2, 0) is 0 Å². The zero-order valence-electron chi connectivity index (χ0n) is 12.9. The molecule has 0 spiro atoms. The lowest BCUT2D eigenvalue weighted by Crippen LogP contribution is -2.46. The standard InChI is InChI=1S/C15H26N4O/c1-4-16-11-13-8-6-7-9-19(13)14-10-15(20-5-2)18-12(3)17-14/h10,13,16H,4-9,11H2,1-3H3. The first-order valence-corrected chi connectivity index (χ1v) is 7.70. The third-order valence-corrected chi connectivity index (χ3v) is 3.64. The van der Waals surface area contributed by atoms with Crippen LogP contribution in [0.1, 0.15) is 38.9 Å². The van der Waals surface area contributed by atoms with Gasteiger partial charge in [-0.2, -0.15) is 4.98 Å². The monoisotopic (exact) mass is 278 g/mol. The molecule has 2 rings (SSSR count). The van der Waals surface area contributed by atoms with Crippen LogP contribution in [0, 0.1) is 6.92 Å². The first kappa shape index (κ1) is 15.0. The van der Waals surface area contributed by atoms with E-state index in [-0.39, 0.29) is 0 Å². The Balaban J connectivity index is 2.17. The van der Waals surface area contributed by atoms with Crippen molar-refractivity contribution in [3.63, 3.8) is 0 Å². The molecule has 1 unspecified atom stereocenters. The van der Waals surface area contributed by atoms with Crippen LogP contribution in [0.3, 0.4) is 0 Å². The van der Waals surface area contributed by atoms with Crippen molar-refractivity contribution in [1.82, 2.24) is 15.3 Å². The van der Waals surface area contributed by atoms with E-state index in [2.05, 4.69) is 27.1 Å². The van der Waals surface area contributed by atoms with Crippen LogP contribution in [0.4, 0.5) is 5.82 Å². The highest BCUT2D eigenvalue weighted by molar-refractivity contribution is 5.43. The third-order valence-electron chi connectivity index (χ3n) is 3.64. The van der Waals surface area contributed by atoms with E-state index in [1.165, 1.54) is 19.3 Å². The number of piperidine rings is 1. The molecular formula is C15H26N4O. The third kappa shape index (κ3) is 3.82. The number of anilines is 1. The van der Waals surface area contributed by atoms with Crippen LogP contribution < -0.4 is 15.0 Å². The van der Waals surface area contributed by atoms with Gasteiger partial charge in [-0.1, -0.05) is 6.92 Å². The quantitative estimate of drug-likeness (QED) is 0.864. The Morgan fingerprint density at radius 2 is 2.20 bits per heavy atom.